The predicted octanol–water partition coefficient (Wildman–Crippen LogP) is 4.33. The number of rotatable bonds is 10. The van der Waals surface area contributed by atoms with Crippen molar-refractivity contribution in [3.63, 3.8) is 0 Å². The van der Waals surface area contributed by atoms with Crippen molar-refractivity contribution in [1.82, 2.24) is 4.90 Å². The summed E-state index contributed by atoms with van der Waals surface area (Å²) < 4.78 is 11.7. The molecule has 1 aliphatic heterocycles. The topological polar surface area (TPSA) is 50.8 Å². The molecular formula is C23H36N2O3. The summed E-state index contributed by atoms with van der Waals surface area (Å²) in [6.45, 7) is 11.0. The van der Waals surface area contributed by atoms with Crippen LogP contribution < -0.4 is 10.1 Å². The van der Waals surface area contributed by atoms with Gasteiger partial charge in [-0.3, -0.25) is 4.79 Å². The molecule has 1 saturated carbocycles. The fraction of sp³-hybridized carbons (Fsp3) is 0.696. The number of likely N-dealkylation sites (tertiary alicyclic amines) is 1. The molecule has 1 aliphatic carbocycles. The molecule has 1 heterocycles. The Balaban J connectivity index is 1.40. The van der Waals surface area contributed by atoms with Crippen molar-refractivity contribution in [3.8, 4) is 5.75 Å². The second-order valence-corrected chi connectivity index (χ2v) is 8.52. The number of ether oxygens (including phenoxy) is 2. The molecule has 0 spiro atoms. The van der Waals surface area contributed by atoms with Crippen molar-refractivity contribution >= 4 is 11.6 Å². The van der Waals surface area contributed by atoms with E-state index < -0.39 is 5.60 Å². The molecule has 28 heavy (non-hydrogen) atoms. The van der Waals surface area contributed by atoms with Gasteiger partial charge in [0.05, 0.1) is 6.61 Å². The van der Waals surface area contributed by atoms with Crippen LogP contribution in [-0.4, -0.2) is 49.3 Å². The number of hydrogen-bond acceptors (Lipinski definition) is 4. The predicted molar refractivity (Wildman–Crippen MR) is 113 cm³/mol. The molecule has 2 aliphatic rings. The summed E-state index contributed by atoms with van der Waals surface area (Å²) in [4.78, 5) is 15.2. The van der Waals surface area contributed by atoms with E-state index in [9.17, 15) is 4.79 Å². The zero-order valence-corrected chi connectivity index (χ0v) is 17.7. The fourth-order valence-corrected chi connectivity index (χ4v) is 3.96. The van der Waals surface area contributed by atoms with E-state index in [0.717, 1.165) is 49.8 Å². The third-order valence-electron chi connectivity index (χ3n) is 6.13. The minimum atomic E-state index is -0.726. The minimum Gasteiger partial charge on any atom is -0.494 e. The summed E-state index contributed by atoms with van der Waals surface area (Å²) in [5, 5.41) is 3.00. The SMILES string of the molecule is CCOC(C)(C(=O)Nc1ccc(OCCCN2CCC(C)CC2)cc1)C1CC1. The Morgan fingerprint density at radius 1 is 1.18 bits per heavy atom. The van der Waals surface area contributed by atoms with E-state index in [1.165, 1.54) is 25.9 Å². The number of benzene rings is 1. The molecule has 0 bridgehead atoms. The Bertz CT molecular complexity index is 621. The maximum Gasteiger partial charge on any atom is 0.256 e. The highest BCUT2D eigenvalue weighted by Gasteiger charge is 2.48. The molecule has 1 aromatic rings. The maximum atomic E-state index is 12.7. The van der Waals surface area contributed by atoms with Crippen molar-refractivity contribution in [1.29, 1.82) is 0 Å². The molecule has 3 rings (SSSR count). The molecule has 1 amide bonds. The second kappa shape index (κ2) is 9.75. The van der Waals surface area contributed by atoms with E-state index in [2.05, 4.69) is 17.1 Å². The van der Waals surface area contributed by atoms with Gasteiger partial charge in [-0.25, -0.2) is 0 Å². The van der Waals surface area contributed by atoms with Gasteiger partial charge in [-0.15, -0.1) is 0 Å². The average Bonchev–Trinajstić information content (AvgIpc) is 3.54. The van der Waals surface area contributed by atoms with Crippen molar-refractivity contribution in [2.75, 3.05) is 38.2 Å². The summed E-state index contributed by atoms with van der Waals surface area (Å²) >= 11 is 0. The number of carbonyl (C=O) groups excluding carboxylic acids is 1. The lowest BCUT2D eigenvalue weighted by molar-refractivity contribution is -0.141. The van der Waals surface area contributed by atoms with Gasteiger partial charge in [-0.2, -0.15) is 0 Å². The van der Waals surface area contributed by atoms with Gasteiger partial charge in [0.2, 0.25) is 0 Å². The van der Waals surface area contributed by atoms with Gasteiger partial charge in [0.25, 0.3) is 5.91 Å². The largest absolute Gasteiger partial charge is 0.494 e. The number of anilines is 1. The van der Waals surface area contributed by atoms with Crippen LogP contribution in [0.15, 0.2) is 24.3 Å². The lowest BCUT2D eigenvalue weighted by Gasteiger charge is -2.30. The smallest absolute Gasteiger partial charge is 0.256 e. The van der Waals surface area contributed by atoms with E-state index in [-0.39, 0.29) is 5.91 Å². The molecule has 156 valence electrons. The molecule has 1 saturated heterocycles. The number of hydrogen-bond donors (Lipinski definition) is 1. The third kappa shape index (κ3) is 5.71. The Kier molecular flexibility index (Phi) is 7.36. The van der Waals surface area contributed by atoms with Gasteiger partial charge in [0.1, 0.15) is 11.4 Å². The highest BCUT2D eigenvalue weighted by Crippen LogP contribution is 2.42. The summed E-state index contributed by atoms with van der Waals surface area (Å²) in [6, 6.07) is 7.65. The molecule has 1 atom stereocenters. The van der Waals surface area contributed by atoms with E-state index >= 15 is 0 Å². The Morgan fingerprint density at radius 2 is 1.86 bits per heavy atom. The molecule has 5 heteroatoms. The molecule has 2 fully saturated rings. The number of nitrogens with one attached hydrogen (secondary N) is 1. The Morgan fingerprint density at radius 3 is 2.46 bits per heavy atom. The summed E-state index contributed by atoms with van der Waals surface area (Å²) in [6.07, 6.45) is 5.80. The first-order valence-corrected chi connectivity index (χ1v) is 10.9. The van der Waals surface area contributed by atoms with Gasteiger partial charge in [0.15, 0.2) is 0 Å². The molecule has 5 nitrogen and oxygen atoms in total. The standard InChI is InChI=1S/C23H36N2O3/c1-4-28-23(3,19-6-7-19)22(26)24-20-8-10-21(11-9-20)27-17-5-14-25-15-12-18(2)13-16-25/h8-11,18-19H,4-7,12-17H2,1-3H3,(H,24,26). The van der Waals surface area contributed by atoms with Crippen LogP contribution in [0.5, 0.6) is 5.75 Å². The van der Waals surface area contributed by atoms with E-state index in [4.69, 9.17) is 9.47 Å². The molecule has 1 N–H and O–H groups in total. The minimum absolute atomic E-state index is 0.0543. The number of carbonyl (C=O) groups is 1. The van der Waals surface area contributed by atoms with Gasteiger partial charge in [-0.05, 0) is 95.1 Å². The summed E-state index contributed by atoms with van der Waals surface area (Å²) in [5.74, 6) is 2.00. The fourth-order valence-electron chi connectivity index (χ4n) is 3.96. The first-order valence-electron chi connectivity index (χ1n) is 10.9. The van der Waals surface area contributed by atoms with Crippen molar-refractivity contribution in [3.05, 3.63) is 24.3 Å². The van der Waals surface area contributed by atoms with Crippen LogP contribution in [-0.2, 0) is 9.53 Å². The van der Waals surface area contributed by atoms with E-state index in [1.807, 2.05) is 38.1 Å². The molecule has 0 radical (unpaired) electrons. The molecular weight excluding hydrogens is 352 g/mol. The van der Waals surface area contributed by atoms with E-state index in [1.54, 1.807) is 0 Å². The maximum absolute atomic E-state index is 12.7. The van der Waals surface area contributed by atoms with Gasteiger partial charge < -0.3 is 19.7 Å². The first kappa shape index (κ1) is 21.1. The highest BCUT2D eigenvalue weighted by atomic mass is 16.5. The Labute approximate surface area is 169 Å². The third-order valence-corrected chi connectivity index (χ3v) is 6.13. The monoisotopic (exact) mass is 388 g/mol. The van der Waals surface area contributed by atoms with Gasteiger partial charge in [0, 0.05) is 18.8 Å². The lowest BCUT2D eigenvalue weighted by Crippen LogP contribution is -2.44. The normalized spacial score (nSPS) is 20.5. The van der Waals surface area contributed by atoms with Crippen LogP contribution in [0.1, 0.15) is 52.9 Å². The number of amides is 1. The second-order valence-electron chi connectivity index (χ2n) is 8.52. The molecule has 1 unspecified atom stereocenters. The van der Waals surface area contributed by atoms with Crippen molar-refractivity contribution in [2.45, 2.75) is 58.5 Å². The molecule has 0 aromatic heterocycles. The van der Waals surface area contributed by atoms with Crippen LogP contribution in [0.4, 0.5) is 5.69 Å². The first-order chi connectivity index (χ1) is 13.5. The quantitative estimate of drug-likeness (QED) is 0.606. The van der Waals surface area contributed by atoms with Gasteiger partial charge in [-0.1, -0.05) is 6.92 Å². The van der Waals surface area contributed by atoms with Crippen molar-refractivity contribution in [2.24, 2.45) is 11.8 Å². The van der Waals surface area contributed by atoms with Crippen LogP contribution in [0.2, 0.25) is 0 Å². The molecule has 1 aromatic carbocycles. The zero-order chi connectivity index (χ0) is 20.0. The van der Waals surface area contributed by atoms with Crippen molar-refractivity contribution < 1.29 is 14.3 Å². The number of piperidine rings is 1. The zero-order valence-electron chi connectivity index (χ0n) is 17.7. The highest BCUT2D eigenvalue weighted by molar-refractivity contribution is 5.97. The van der Waals surface area contributed by atoms with Gasteiger partial charge >= 0.3 is 0 Å². The van der Waals surface area contributed by atoms with Crippen LogP contribution >= 0.6 is 0 Å². The summed E-state index contributed by atoms with van der Waals surface area (Å²) in [5.41, 5.74) is 0.0576. The van der Waals surface area contributed by atoms with E-state index in [0.29, 0.717) is 12.5 Å². The Hall–Kier alpha value is -1.59. The number of nitrogens with zero attached hydrogens (tertiary/aromatic N) is 1. The average molecular weight is 389 g/mol. The van der Waals surface area contributed by atoms with Crippen LogP contribution in [0.3, 0.4) is 0 Å². The summed E-state index contributed by atoms with van der Waals surface area (Å²) in [7, 11) is 0. The lowest BCUT2D eigenvalue weighted by atomic mass is 9.99. The van der Waals surface area contributed by atoms with Crippen LogP contribution in [0.25, 0.3) is 0 Å². The van der Waals surface area contributed by atoms with Crippen LogP contribution in [0, 0.1) is 11.8 Å².